The van der Waals surface area contributed by atoms with Crippen LogP contribution in [0.3, 0.4) is 0 Å². The normalized spacial score (nSPS) is 11.9. The SMILES string of the molecule is CCCCCCCCCC/C(C(=O)OCCCC)=C(\CCCC)C(=O)OCCCC. The van der Waals surface area contributed by atoms with Gasteiger partial charge in [-0.1, -0.05) is 91.9 Å². The summed E-state index contributed by atoms with van der Waals surface area (Å²) in [6, 6.07) is 0. The molecule has 0 aliphatic carbocycles. The van der Waals surface area contributed by atoms with E-state index < -0.39 is 0 Å². The topological polar surface area (TPSA) is 52.6 Å². The molecule has 0 radical (unpaired) electrons. The summed E-state index contributed by atoms with van der Waals surface area (Å²) >= 11 is 0. The third-order valence-electron chi connectivity index (χ3n) is 5.38. The van der Waals surface area contributed by atoms with Crippen LogP contribution in [0.4, 0.5) is 0 Å². The molecule has 0 aliphatic heterocycles. The van der Waals surface area contributed by atoms with Gasteiger partial charge in [-0.2, -0.15) is 0 Å². The van der Waals surface area contributed by atoms with Crippen molar-refractivity contribution in [1.82, 2.24) is 0 Å². The number of ether oxygens (including phenoxy) is 2. The van der Waals surface area contributed by atoms with Gasteiger partial charge in [-0.05, 0) is 38.5 Å². The number of carbonyl (C=O) groups excluding carboxylic acids is 2. The first-order chi connectivity index (χ1) is 14.6. The van der Waals surface area contributed by atoms with Crippen LogP contribution in [0.15, 0.2) is 11.1 Å². The Bertz CT molecular complexity index is 468. The number of unbranched alkanes of at least 4 members (excludes halogenated alkanes) is 10. The van der Waals surface area contributed by atoms with Crippen LogP contribution in [0.2, 0.25) is 0 Å². The van der Waals surface area contributed by atoms with Crippen molar-refractivity contribution in [2.45, 2.75) is 130 Å². The molecule has 4 heteroatoms. The van der Waals surface area contributed by atoms with E-state index in [2.05, 4.69) is 27.7 Å². The Labute approximate surface area is 186 Å². The first-order valence-corrected chi connectivity index (χ1v) is 12.7. The Morgan fingerprint density at radius 3 is 1.27 bits per heavy atom. The molecular weight excluding hydrogens is 376 g/mol. The van der Waals surface area contributed by atoms with Crippen LogP contribution in [0.25, 0.3) is 0 Å². The van der Waals surface area contributed by atoms with Crippen LogP contribution in [0.5, 0.6) is 0 Å². The van der Waals surface area contributed by atoms with Gasteiger partial charge in [-0.3, -0.25) is 0 Å². The minimum absolute atomic E-state index is 0.315. The van der Waals surface area contributed by atoms with Gasteiger partial charge in [0.2, 0.25) is 0 Å². The molecule has 0 saturated heterocycles. The van der Waals surface area contributed by atoms with E-state index in [9.17, 15) is 9.59 Å². The van der Waals surface area contributed by atoms with E-state index in [0.717, 1.165) is 51.4 Å². The Morgan fingerprint density at radius 1 is 0.467 bits per heavy atom. The molecule has 0 rings (SSSR count). The molecular formula is C26H48O4. The molecule has 0 unspecified atom stereocenters. The summed E-state index contributed by atoms with van der Waals surface area (Å²) in [5.74, 6) is -0.635. The smallest absolute Gasteiger partial charge is 0.334 e. The number of hydrogen-bond acceptors (Lipinski definition) is 4. The summed E-state index contributed by atoms with van der Waals surface area (Å²) in [4.78, 5) is 25.6. The lowest BCUT2D eigenvalue weighted by molar-refractivity contribution is -0.142. The fraction of sp³-hybridized carbons (Fsp3) is 0.846. The van der Waals surface area contributed by atoms with Gasteiger partial charge in [0.25, 0.3) is 0 Å². The molecule has 30 heavy (non-hydrogen) atoms. The lowest BCUT2D eigenvalue weighted by Gasteiger charge is -2.15. The minimum atomic E-state index is -0.320. The van der Waals surface area contributed by atoms with Crippen LogP contribution in [-0.4, -0.2) is 25.2 Å². The summed E-state index contributed by atoms with van der Waals surface area (Å²) in [6.07, 6.45) is 16.3. The highest BCUT2D eigenvalue weighted by atomic mass is 16.5. The quantitative estimate of drug-likeness (QED) is 0.114. The Balaban J connectivity index is 5.04. The van der Waals surface area contributed by atoms with E-state index in [1.165, 1.54) is 38.5 Å². The fourth-order valence-electron chi connectivity index (χ4n) is 3.33. The minimum Gasteiger partial charge on any atom is -0.462 e. The van der Waals surface area contributed by atoms with E-state index in [0.29, 0.717) is 37.2 Å². The maximum atomic E-state index is 12.8. The van der Waals surface area contributed by atoms with Crippen LogP contribution >= 0.6 is 0 Å². The van der Waals surface area contributed by atoms with Crippen molar-refractivity contribution in [2.24, 2.45) is 0 Å². The van der Waals surface area contributed by atoms with E-state index >= 15 is 0 Å². The molecule has 4 nitrogen and oxygen atoms in total. The van der Waals surface area contributed by atoms with Crippen LogP contribution < -0.4 is 0 Å². The van der Waals surface area contributed by atoms with Gasteiger partial charge in [0.05, 0.1) is 13.2 Å². The van der Waals surface area contributed by atoms with Crippen LogP contribution in [0.1, 0.15) is 130 Å². The average molecular weight is 425 g/mol. The lowest BCUT2D eigenvalue weighted by atomic mass is 9.97. The van der Waals surface area contributed by atoms with Crippen molar-refractivity contribution in [2.75, 3.05) is 13.2 Å². The van der Waals surface area contributed by atoms with Gasteiger partial charge >= 0.3 is 11.9 Å². The lowest BCUT2D eigenvalue weighted by Crippen LogP contribution is -2.18. The average Bonchev–Trinajstić information content (AvgIpc) is 2.74. The van der Waals surface area contributed by atoms with Crippen molar-refractivity contribution in [1.29, 1.82) is 0 Å². The van der Waals surface area contributed by atoms with Gasteiger partial charge in [0.1, 0.15) is 0 Å². The molecule has 0 atom stereocenters. The first kappa shape index (κ1) is 28.7. The molecule has 176 valence electrons. The maximum absolute atomic E-state index is 12.8. The molecule has 0 N–H and O–H groups in total. The molecule has 0 aromatic heterocycles. The molecule has 0 aromatic carbocycles. The monoisotopic (exact) mass is 424 g/mol. The zero-order chi connectivity index (χ0) is 22.5. The van der Waals surface area contributed by atoms with E-state index in [4.69, 9.17) is 9.47 Å². The van der Waals surface area contributed by atoms with E-state index in [1.54, 1.807) is 0 Å². The molecule has 0 fully saturated rings. The zero-order valence-corrected chi connectivity index (χ0v) is 20.4. The molecule has 0 saturated carbocycles. The third kappa shape index (κ3) is 14.6. The molecule has 0 spiro atoms. The molecule has 0 aliphatic rings. The first-order valence-electron chi connectivity index (χ1n) is 12.7. The highest BCUT2D eigenvalue weighted by Crippen LogP contribution is 2.22. The molecule has 0 amide bonds. The number of hydrogen-bond donors (Lipinski definition) is 0. The predicted molar refractivity (Wildman–Crippen MR) is 126 cm³/mol. The molecule has 0 aromatic rings. The van der Waals surface area contributed by atoms with Gasteiger partial charge in [0, 0.05) is 11.1 Å². The van der Waals surface area contributed by atoms with Gasteiger partial charge in [0.15, 0.2) is 0 Å². The number of carbonyl (C=O) groups is 2. The summed E-state index contributed by atoms with van der Waals surface area (Å²) in [5, 5.41) is 0. The zero-order valence-electron chi connectivity index (χ0n) is 20.4. The van der Waals surface area contributed by atoms with Crippen molar-refractivity contribution in [3.05, 3.63) is 11.1 Å². The van der Waals surface area contributed by atoms with Crippen molar-refractivity contribution < 1.29 is 19.1 Å². The standard InChI is InChI=1S/C26H48O4/c1-5-9-13-14-15-16-17-18-20-24(26(28)30-22-12-8-4)23(19-10-6-2)25(27)29-21-11-7-3/h5-22H2,1-4H3/b24-23-. The van der Waals surface area contributed by atoms with Gasteiger partial charge in [-0.15, -0.1) is 0 Å². The largest absolute Gasteiger partial charge is 0.462 e. The maximum Gasteiger partial charge on any atom is 0.334 e. The highest BCUT2D eigenvalue weighted by Gasteiger charge is 2.22. The summed E-state index contributed by atoms with van der Waals surface area (Å²) in [7, 11) is 0. The van der Waals surface area contributed by atoms with E-state index in [1.807, 2.05) is 0 Å². The van der Waals surface area contributed by atoms with Crippen molar-refractivity contribution in [3.8, 4) is 0 Å². The Kier molecular flexibility index (Phi) is 20.0. The number of rotatable bonds is 20. The predicted octanol–water partition coefficient (Wildman–Crippen LogP) is 7.69. The van der Waals surface area contributed by atoms with E-state index in [-0.39, 0.29) is 11.9 Å². The third-order valence-corrected chi connectivity index (χ3v) is 5.38. The molecule has 0 bridgehead atoms. The van der Waals surface area contributed by atoms with Crippen molar-refractivity contribution >= 4 is 11.9 Å². The van der Waals surface area contributed by atoms with Crippen LogP contribution in [-0.2, 0) is 19.1 Å². The summed E-state index contributed by atoms with van der Waals surface area (Å²) in [5.41, 5.74) is 1.12. The second kappa shape index (κ2) is 20.9. The second-order valence-corrected chi connectivity index (χ2v) is 8.26. The Hall–Kier alpha value is -1.32. The second-order valence-electron chi connectivity index (χ2n) is 8.26. The van der Waals surface area contributed by atoms with Gasteiger partial charge in [-0.25, -0.2) is 9.59 Å². The highest BCUT2D eigenvalue weighted by molar-refractivity contribution is 6.00. The van der Waals surface area contributed by atoms with Crippen LogP contribution in [0, 0.1) is 0 Å². The molecule has 0 heterocycles. The fourth-order valence-corrected chi connectivity index (χ4v) is 3.33. The van der Waals surface area contributed by atoms with Crippen molar-refractivity contribution in [3.63, 3.8) is 0 Å². The van der Waals surface area contributed by atoms with Gasteiger partial charge < -0.3 is 9.47 Å². The summed E-state index contributed by atoms with van der Waals surface area (Å²) < 4.78 is 11.0. The summed E-state index contributed by atoms with van der Waals surface area (Å²) in [6.45, 7) is 9.31. The Morgan fingerprint density at radius 2 is 0.833 bits per heavy atom. The number of esters is 2.